The lowest BCUT2D eigenvalue weighted by Crippen LogP contribution is -2.29. The molecule has 1 aromatic heterocycles. The summed E-state index contributed by atoms with van der Waals surface area (Å²) in [4.78, 5) is 24.9. The molecule has 0 unspecified atom stereocenters. The van der Waals surface area contributed by atoms with Crippen LogP contribution in [0.4, 0.5) is 0 Å². The second-order valence-corrected chi connectivity index (χ2v) is 6.40. The molecule has 0 aliphatic rings. The van der Waals surface area contributed by atoms with Gasteiger partial charge < -0.3 is 14.6 Å². The van der Waals surface area contributed by atoms with Crippen molar-refractivity contribution in [2.75, 3.05) is 13.7 Å². The number of nitrogens with zero attached hydrogens (tertiary/aromatic N) is 1. The number of carbonyl (C=O) groups is 2. The summed E-state index contributed by atoms with van der Waals surface area (Å²) in [6.07, 6.45) is 1.85. The molecule has 0 bridgehead atoms. The van der Waals surface area contributed by atoms with Crippen LogP contribution in [0.25, 0.3) is 10.9 Å². The lowest BCUT2D eigenvalue weighted by Gasteiger charge is -2.08. The molecule has 0 saturated heterocycles. The second-order valence-electron chi connectivity index (χ2n) is 6.40. The monoisotopic (exact) mass is 350 g/mol. The number of para-hydroxylation sites is 1. The zero-order valence-electron chi connectivity index (χ0n) is 15.2. The minimum absolute atomic E-state index is 0.0493. The number of carbonyl (C=O) groups excluding carboxylic acids is 2. The first-order valence-corrected chi connectivity index (χ1v) is 8.56. The molecule has 0 fully saturated rings. The highest BCUT2D eigenvalue weighted by atomic mass is 16.5. The molecular formula is C21H22N2O3. The van der Waals surface area contributed by atoms with Crippen LogP contribution in [0, 0.1) is 0 Å². The molecule has 134 valence electrons. The Labute approximate surface area is 152 Å². The number of hydrogen-bond donors (Lipinski definition) is 1. The Morgan fingerprint density at radius 3 is 2.42 bits per heavy atom. The van der Waals surface area contributed by atoms with E-state index in [1.165, 1.54) is 0 Å². The molecule has 0 radical (unpaired) electrons. The zero-order valence-corrected chi connectivity index (χ0v) is 15.2. The van der Waals surface area contributed by atoms with Gasteiger partial charge in [0.2, 0.25) is 0 Å². The predicted molar refractivity (Wildman–Crippen MR) is 102 cm³/mol. The van der Waals surface area contributed by atoms with Gasteiger partial charge in [0.15, 0.2) is 5.78 Å². The zero-order chi connectivity index (χ0) is 18.7. The van der Waals surface area contributed by atoms with Crippen molar-refractivity contribution in [3.8, 4) is 5.75 Å². The fraction of sp³-hybridized carbons (Fsp3) is 0.238. The fourth-order valence-corrected chi connectivity index (χ4v) is 2.95. The van der Waals surface area contributed by atoms with E-state index in [1.54, 1.807) is 31.4 Å². The topological polar surface area (TPSA) is 60.3 Å². The Morgan fingerprint density at radius 1 is 1.08 bits per heavy atom. The van der Waals surface area contributed by atoms with E-state index in [9.17, 15) is 9.59 Å². The molecule has 0 aliphatic carbocycles. The molecule has 26 heavy (non-hydrogen) atoms. The third-order valence-electron chi connectivity index (χ3n) is 4.36. The molecule has 5 heteroatoms. The molecule has 0 aliphatic heterocycles. The van der Waals surface area contributed by atoms with Gasteiger partial charge in [0.05, 0.1) is 19.2 Å². The number of Topliss-reactive ketones (excluding diaryl/α,β-unsaturated/α-hetero) is 1. The van der Waals surface area contributed by atoms with Gasteiger partial charge in [-0.1, -0.05) is 18.2 Å². The predicted octanol–water partition coefficient (Wildman–Crippen LogP) is 3.84. The molecule has 3 aromatic rings. The minimum Gasteiger partial charge on any atom is -0.497 e. The van der Waals surface area contributed by atoms with Gasteiger partial charge in [-0.25, -0.2) is 0 Å². The van der Waals surface area contributed by atoms with Gasteiger partial charge in [-0.2, -0.15) is 0 Å². The molecule has 1 N–H and O–H groups in total. The van der Waals surface area contributed by atoms with Gasteiger partial charge in [0.1, 0.15) is 5.75 Å². The highest BCUT2D eigenvalue weighted by Crippen LogP contribution is 2.24. The number of ether oxygens (including phenoxy) is 1. The first-order valence-electron chi connectivity index (χ1n) is 8.56. The van der Waals surface area contributed by atoms with Gasteiger partial charge in [-0.3, -0.25) is 9.59 Å². The summed E-state index contributed by atoms with van der Waals surface area (Å²) in [7, 11) is 1.57. The van der Waals surface area contributed by atoms with Gasteiger partial charge >= 0.3 is 0 Å². The van der Waals surface area contributed by atoms with E-state index in [2.05, 4.69) is 23.7 Å². The second kappa shape index (κ2) is 7.44. The summed E-state index contributed by atoms with van der Waals surface area (Å²) in [5.74, 6) is 0.295. The van der Waals surface area contributed by atoms with Crippen molar-refractivity contribution >= 4 is 22.6 Å². The van der Waals surface area contributed by atoms with Crippen molar-refractivity contribution in [3.05, 3.63) is 65.9 Å². The smallest absolute Gasteiger partial charge is 0.253 e. The number of fused-ring (bicyclic) bond motifs is 1. The SMILES string of the molecule is COc1ccc(C(=O)CNC(=O)c2cn(C(C)C)c3ccccc23)cc1. The number of benzene rings is 2. The average molecular weight is 350 g/mol. The average Bonchev–Trinajstić information content (AvgIpc) is 3.06. The summed E-state index contributed by atoms with van der Waals surface area (Å²) in [5, 5.41) is 3.62. The van der Waals surface area contributed by atoms with E-state index in [1.807, 2.05) is 30.5 Å². The number of nitrogens with one attached hydrogen (secondary N) is 1. The largest absolute Gasteiger partial charge is 0.497 e. The molecule has 3 rings (SSSR count). The fourth-order valence-electron chi connectivity index (χ4n) is 2.95. The maximum absolute atomic E-state index is 12.6. The number of methoxy groups -OCH3 is 1. The van der Waals surface area contributed by atoms with Crippen molar-refractivity contribution in [3.63, 3.8) is 0 Å². The third kappa shape index (κ3) is 3.47. The molecule has 0 spiro atoms. The molecule has 1 heterocycles. The van der Waals surface area contributed by atoms with Crippen LogP contribution in [0.15, 0.2) is 54.7 Å². The minimum atomic E-state index is -0.248. The van der Waals surface area contributed by atoms with Crippen molar-refractivity contribution < 1.29 is 14.3 Å². The Morgan fingerprint density at radius 2 is 1.77 bits per heavy atom. The lowest BCUT2D eigenvalue weighted by atomic mass is 10.1. The van der Waals surface area contributed by atoms with Crippen LogP contribution in [0.3, 0.4) is 0 Å². The van der Waals surface area contributed by atoms with Gasteiger partial charge in [-0.15, -0.1) is 0 Å². The molecule has 5 nitrogen and oxygen atoms in total. The van der Waals surface area contributed by atoms with E-state index < -0.39 is 0 Å². The summed E-state index contributed by atoms with van der Waals surface area (Å²) in [6.45, 7) is 4.09. The van der Waals surface area contributed by atoms with Crippen LogP contribution in [-0.2, 0) is 0 Å². The molecule has 1 amide bonds. The van der Waals surface area contributed by atoms with Crippen LogP contribution in [0.1, 0.15) is 40.6 Å². The number of hydrogen-bond acceptors (Lipinski definition) is 3. The standard InChI is InChI=1S/C21H22N2O3/c1-14(2)23-13-18(17-6-4-5-7-19(17)23)21(25)22-12-20(24)15-8-10-16(26-3)11-9-15/h4-11,13-14H,12H2,1-3H3,(H,22,25). The van der Waals surface area contributed by atoms with Crippen molar-refractivity contribution in [2.24, 2.45) is 0 Å². The van der Waals surface area contributed by atoms with Crippen LogP contribution < -0.4 is 10.1 Å². The first-order chi connectivity index (χ1) is 12.5. The van der Waals surface area contributed by atoms with Crippen LogP contribution in [0.5, 0.6) is 5.75 Å². The van der Waals surface area contributed by atoms with E-state index in [0.29, 0.717) is 16.9 Å². The Kier molecular flexibility index (Phi) is 5.07. The molecule has 2 aromatic carbocycles. The third-order valence-corrected chi connectivity index (χ3v) is 4.36. The van der Waals surface area contributed by atoms with E-state index in [-0.39, 0.29) is 24.3 Å². The maximum atomic E-state index is 12.6. The number of amides is 1. The normalized spacial score (nSPS) is 10.9. The molecular weight excluding hydrogens is 328 g/mol. The van der Waals surface area contributed by atoms with Crippen LogP contribution >= 0.6 is 0 Å². The highest BCUT2D eigenvalue weighted by molar-refractivity contribution is 6.09. The Hall–Kier alpha value is -3.08. The Balaban J connectivity index is 1.76. The van der Waals surface area contributed by atoms with Crippen LogP contribution in [0.2, 0.25) is 0 Å². The van der Waals surface area contributed by atoms with E-state index in [4.69, 9.17) is 4.74 Å². The lowest BCUT2D eigenvalue weighted by molar-refractivity contribution is 0.0905. The van der Waals surface area contributed by atoms with E-state index in [0.717, 1.165) is 10.9 Å². The summed E-state index contributed by atoms with van der Waals surface area (Å²) in [5.41, 5.74) is 2.13. The Bertz CT molecular complexity index is 940. The summed E-state index contributed by atoms with van der Waals surface area (Å²) < 4.78 is 7.15. The van der Waals surface area contributed by atoms with Crippen molar-refractivity contribution in [1.29, 1.82) is 0 Å². The van der Waals surface area contributed by atoms with Crippen molar-refractivity contribution in [2.45, 2.75) is 19.9 Å². The molecule has 0 saturated carbocycles. The van der Waals surface area contributed by atoms with Gasteiger partial charge in [0, 0.05) is 28.7 Å². The first kappa shape index (κ1) is 17.7. The maximum Gasteiger partial charge on any atom is 0.253 e. The summed E-state index contributed by atoms with van der Waals surface area (Å²) >= 11 is 0. The molecule has 0 atom stereocenters. The van der Waals surface area contributed by atoms with Gasteiger partial charge in [-0.05, 0) is 44.2 Å². The van der Waals surface area contributed by atoms with E-state index >= 15 is 0 Å². The highest BCUT2D eigenvalue weighted by Gasteiger charge is 2.17. The number of ketones is 1. The number of aromatic nitrogens is 1. The summed E-state index contributed by atoms with van der Waals surface area (Å²) in [6, 6.07) is 14.9. The quantitative estimate of drug-likeness (QED) is 0.687. The number of rotatable bonds is 6. The van der Waals surface area contributed by atoms with Crippen molar-refractivity contribution in [1.82, 2.24) is 9.88 Å². The van der Waals surface area contributed by atoms with Crippen LogP contribution in [-0.4, -0.2) is 29.9 Å². The van der Waals surface area contributed by atoms with Gasteiger partial charge in [0.25, 0.3) is 5.91 Å².